The van der Waals surface area contributed by atoms with E-state index in [2.05, 4.69) is 21.2 Å². The van der Waals surface area contributed by atoms with Crippen molar-refractivity contribution in [3.63, 3.8) is 0 Å². The first-order valence-corrected chi connectivity index (χ1v) is 6.19. The van der Waals surface area contributed by atoms with E-state index < -0.39 is 0 Å². The van der Waals surface area contributed by atoms with Crippen LogP contribution >= 0.6 is 15.9 Å². The molecule has 1 atom stereocenters. The van der Waals surface area contributed by atoms with Crippen LogP contribution in [-0.2, 0) is 11.2 Å². The molecule has 0 saturated heterocycles. The molecule has 1 amide bonds. The molecule has 0 aliphatic carbocycles. The van der Waals surface area contributed by atoms with Crippen LogP contribution in [0, 0.1) is 0 Å². The molecule has 17 heavy (non-hydrogen) atoms. The Labute approximate surface area is 110 Å². The summed E-state index contributed by atoms with van der Waals surface area (Å²) >= 11 is 3.46. The first-order valence-electron chi connectivity index (χ1n) is 5.40. The number of nitrogens with one attached hydrogen (secondary N) is 1. The van der Waals surface area contributed by atoms with Gasteiger partial charge < -0.3 is 15.8 Å². The SMILES string of the molecule is CNC(=O)COc1ccc(Br)c(CC(C)N)c1. The van der Waals surface area contributed by atoms with Gasteiger partial charge in [0.05, 0.1) is 0 Å². The molecule has 4 nitrogen and oxygen atoms in total. The fraction of sp³-hybridized carbons (Fsp3) is 0.417. The van der Waals surface area contributed by atoms with E-state index in [-0.39, 0.29) is 18.6 Å². The molecular weight excluding hydrogens is 284 g/mol. The van der Waals surface area contributed by atoms with Crippen LogP contribution in [0.25, 0.3) is 0 Å². The third kappa shape index (κ3) is 4.75. The van der Waals surface area contributed by atoms with Gasteiger partial charge in [-0.3, -0.25) is 4.79 Å². The molecule has 0 fully saturated rings. The summed E-state index contributed by atoms with van der Waals surface area (Å²) in [5, 5.41) is 2.50. The summed E-state index contributed by atoms with van der Waals surface area (Å²) in [4.78, 5) is 11.0. The number of carbonyl (C=O) groups excluding carboxylic acids is 1. The second-order valence-corrected chi connectivity index (χ2v) is 4.75. The highest BCUT2D eigenvalue weighted by molar-refractivity contribution is 9.10. The van der Waals surface area contributed by atoms with Crippen molar-refractivity contribution in [1.82, 2.24) is 5.32 Å². The van der Waals surface area contributed by atoms with Gasteiger partial charge in [0.15, 0.2) is 6.61 Å². The second kappa shape index (κ2) is 6.61. The number of hydrogen-bond donors (Lipinski definition) is 2. The van der Waals surface area contributed by atoms with Gasteiger partial charge in [-0.15, -0.1) is 0 Å². The van der Waals surface area contributed by atoms with E-state index in [0.29, 0.717) is 5.75 Å². The van der Waals surface area contributed by atoms with Gasteiger partial charge in [-0.05, 0) is 37.1 Å². The number of hydrogen-bond acceptors (Lipinski definition) is 3. The molecule has 5 heteroatoms. The fourth-order valence-electron chi connectivity index (χ4n) is 1.37. The van der Waals surface area contributed by atoms with E-state index >= 15 is 0 Å². The van der Waals surface area contributed by atoms with Gasteiger partial charge in [0, 0.05) is 17.6 Å². The maximum absolute atomic E-state index is 11.0. The summed E-state index contributed by atoms with van der Waals surface area (Å²) in [6.07, 6.45) is 0.762. The van der Waals surface area contributed by atoms with E-state index in [1.807, 2.05) is 25.1 Å². The molecule has 0 heterocycles. The lowest BCUT2D eigenvalue weighted by molar-refractivity contribution is -0.122. The molecule has 1 rings (SSSR count). The number of rotatable bonds is 5. The van der Waals surface area contributed by atoms with E-state index in [9.17, 15) is 4.79 Å². The normalized spacial score (nSPS) is 12.0. The third-order valence-electron chi connectivity index (χ3n) is 2.21. The molecule has 1 unspecified atom stereocenters. The summed E-state index contributed by atoms with van der Waals surface area (Å²) in [5.41, 5.74) is 6.84. The minimum atomic E-state index is -0.151. The van der Waals surface area contributed by atoms with Crippen molar-refractivity contribution >= 4 is 21.8 Å². The highest BCUT2D eigenvalue weighted by Crippen LogP contribution is 2.23. The number of amides is 1. The topological polar surface area (TPSA) is 64.3 Å². The Kier molecular flexibility index (Phi) is 5.44. The lowest BCUT2D eigenvalue weighted by Gasteiger charge is -2.11. The van der Waals surface area contributed by atoms with E-state index in [1.165, 1.54) is 0 Å². The van der Waals surface area contributed by atoms with E-state index in [0.717, 1.165) is 16.5 Å². The summed E-state index contributed by atoms with van der Waals surface area (Å²) in [7, 11) is 1.58. The predicted octanol–water partition coefficient (Wildman–Crippen LogP) is 1.46. The van der Waals surface area contributed by atoms with Gasteiger partial charge in [0.1, 0.15) is 5.75 Å². The number of carbonyl (C=O) groups is 1. The zero-order valence-corrected chi connectivity index (χ0v) is 11.6. The average molecular weight is 301 g/mol. The number of benzene rings is 1. The lowest BCUT2D eigenvalue weighted by atomic mass is 10.1. The van der Waals surface area contributed by atoms with Gasteiger partial charge in [0.2, 0.25) is 0 Å². The minimum absolute atomic E-state index is 0.0236. The van der Waals surface area contributed by atoms with Gasteiger partial charge >= 0.3 is 0 Å². The molecular formula is C12H17BrN2O2. The summed E-state index contributed by atoms with van der Waals surface area (Å²) in [5.74, 6) is 0.522. The number of halogens is 1. The second-order valence-electron chi connectivity index (χ2n) is 3.90. The van der Waals surface area contributed by atoms with Crippen LogP contribution in [0.3, 0.4) is 0 Å². The van der Waals surface area contributed by atoms with Crippen molar-refractivity contribution in [2.24, 2.45) is 5.73 Å². The first kappa shape index (κ1) is 14.0. The van der Waals surface area contributed by atoms with Gasteiger partial charge in [0.25, 0.3) is 5.91 Å². The molecule has 94 valence electrons. The van der Waals surface area contributed by atoms with Crippen molar-refractivity contribution in [3.05, 3.63) is 28.2 Å². The number of ether oxygens (including phenoxy) is 1. The third-order valence-corrected chi connectivity index (χ3v) is 2.98. The summed E-state index contributed by atoms with van der Waals surface area (Å²) in [6.45, 7) is 1.97. The van der Waals surface area contributed by atoms with Gasteiger partial charge in [-0.25, -0.2) is 0 Å². The molecule has 1 aromatic carbocycles. The van der Waals surface area contributed by atoms with Crippen molar-refractivity contribution in [1.29, 1.82) is 0 Å². The largest absolute Gasteiger partial charge is 0.484 e. The maximum Gasteiger partial charge on any atom is 0.257 e. The molecule has 0 bridgehead atoms. The summed E-state index contributed by atoms with van der Waals surface area (Å²) in [6, 6.07) is 5.70. The molecule has 0 aliphatic rings. The van der Waals surface area contributed by atoms with Crippen molar-refractivity contribution in [2.75, 3.05) is 13.7 Å². The molecule has 1 aromatic rings. The molecule has 0 radical (unpaired) electrons. The van der Waals surface area contributed by atoms with Crippen LogP contribution in [0.4, 0.5) is 0 Å². The summed E-state index contributed by atoms with van der Waals surface area (Å²) < 4.78 is 6.36. The van der Waals surface area contributed by atoms with E-state index in [4.69, 9.17) is 10.5 Å². The Morgan fingerprint density at radius 3 is 2.88 bits per heavy atom. The van der Waals surface area contributed by atoms with Crippen LogP contribution in [0.2, 0.25) is 0 Å². The zero-order chi connectivity index (χ0) is 12.8. The Bertz CT molecular complexity index is 394. The number of likely N-dealkylation sites (N-methyl/N-ethyl adjacent to an activating group) is 1. The van der Waals surface area contributed by atoms with E-state index in [1.54, 1.807) is 7.05 Å². The van der Waals surface area contributed by atoms with Crippen LogP contribution < -0.4 is 15.8 Å². The molecule has 3 N–H and O–H groups in total. The average Bonchev–Trinajstić information content (AvgIpc) is 2.29. The van der Waals surface area contributed by atoms with Gasteiger partial charge in [-0.1, -0.05) is 15.9 Å². The standard InChI is InChI=1S/C12H17BrN2O2/c1-8(14)5-9-6-10(3-4-11(9)13)17-7-12(16)15-2/h3-4,6,8H,5,7,14H2,1-2H3,(H,15,16). The monoisotopic (exact) mass is 300 g/mol. The Hall–Kier alpha value is -1.07. The smallest absolute Gasteiger partial charge is 0.257 e. The Balaban J connectivity index is 2.71. The molecule has 0 spiro atoms. The lowest BCUT2D eigenvalue weighted by Crippen LogP contribution is -2.24. The van der Waals surface area contributed by atoms with Crippen LogP contribution in [0.5, 0.6) is 5.75 Å². The first-order chi connectivity index (χ1) is 8.02. The fourth-order valence-corrected chi connectivity index (χ4v) is 1.77. The molecule has 0 aliphatic heterocycles. The predicted molar refractivity (Wildman–Crippen MR) is 71.1 cm³/mol. The maximum atomic E-state index is 11.0. The van der Waals surface area contributed by atoms with Crippen LogP contribution in [0.1, 0.15) is 12.5 Å². The van der Waals surface area contributed by atoms with Crippen molar-refractivity contribution in [3.8, 4) is 5.75 Å². The molecule has 0 aromatic heterocycles. The number of nitrogens with two attached hydrogens (primary N) is 1. The quantitative estimate of drug-likeness (QED) is 0.865. The van der Waals surface area contributed by atoms with Crippen LogP contribution in [-0.4, -0.2) is 25.6 Å². The minimum Gasteiger partial charge on any atom is -0.484 e. The van der Waals surface area contributed by atoms with Crippen LogP contribution in [0.15, 0.2) is 22.7 Å². The highest BCUT2D eigenvalue weighted by atomic mass is 79.9. The van der Waals surface area contributed by atoms with Crippen molar-refractivity contribution < 1.29 is 9.53 Å². The van der Waals surface area contributed by atoms with Gasteiger partial charge in [-0.2, -0.15) is 0 Å². The Morgan fingerprint density at radius 2 is 2.29 bits per heavy atom. The zero-order valence-electron chi connectivity index (χ0n) is 10.00. The van der Waals surface area contributed by atoms with Crippen molar-refractivity contribution in [2.45, 2.75) is 19.4 Å². The Morgan fingerprint density at radius 1 is 1.59 bits per heavy atom. The highest BCUT2D eigenvalue weighted by Gasteiger charge is 2.06. The molecule has 0 saturated carbocycles.